The van der Waals surface area contributed by atoms with E-state index in [9.17, 15) is 9.59 Å². The fraction of sp³-hybridized carbons (Fsp3) is 0.385. The Kier molecular flexibility index (Phi) is 3.20. The molecule has 2 rings (SSSR count). The van der Waals surface area contributed by atoms with Gasteiger partial charge in [0.05, 0.1) is 10.9 Å². The topological polar surface area (TPSA) is 78.3 Å². The summed E-state index contributed by atoms with van der Waals surface area (Å²) in [5, 5.41) is 1.60. The molecular formula is C13H17N3O3. The standard InChI is InChI=1S/C13H17N3O3/c1-13(2,11(17)15-16(3)4)8-5-6-10-9(7-8)14-12(18)19-10/h5-7H,1-4H3,(H,14,18)(H,15,17). The molecule has 102 valence electrons. The van der Waals surface area contributed by atoms with E-state index >= 15 is 0 Å². The van der Waals surface area contributed by atoms with Crippen LogP contribution in [0.15, 0.2) is 27.4 Å². The van der Waals surface area contributed by atoms with Crippen LogP contribution in [0, 0.1) is 0 Å². The number of rotatable bonds is 3. The van der Waals surface area contributed by atoms with Gasteiger partial charge in [0.25, 0.3) is 0 Å². The second-order valence-corrected chi connectivity index (χ2v) is 5.19. The Balaban J connectivity index is 2.41. The summed E-state index contributed by atoms with van der Waals surface area (Å²) in [6, 6.07) is 5.23. The first-order valence-corrected chi connectivity index (χ1v) is 5.92. The summed E-state index contributed by atoms with van der Waals surface area (Å²) < 4.78 is 4.94. The predicted molar refractivity (Wildman–Crippen MR) is 71.7 cm³/mol. The normalized spacial score (nSPS) is 12.1. The molecule has 1 aromatic carbocycles. The van der Waals surface area contributed by atoms with E-state index in [4.69, 9.17) is 4.42 Å². The van der Waals surface area contributed by atoms with Crippen LogP contribution in [0.2, 0.25) is 0 Å². The number of carbonyl (C=O) groups is 1. The van der Waals surface area contributed by atoms with Gasteiger partial charge in [-0.05, 0) is 31.5 Å². The third-order valence-corrected chi connectivity index (χ3v) is 3.03. The molecule has 2 N–H and O–H groups in total. The second kappa shape index (κ2) is 4.55. The first-order chi connectivity index (χ1) is 8.80. The molecule has 0 aliphatic heterocycles. The first-order valence-electron chi connectivity index (χ1n) is 5.92. The lowest BCUT2D eigenvalue weighted by Crippen LogP contribution is -2.46. The lowest BCUT2D eigenvalue weighted by atomic mass is 9.84. The van der Waals surface area contributed by atoms with Gasteiger partial charge >= 0.3 is 5.76 Å². The summed E-state index contributed by atoms with van der Waals surface area (Å²) in [6.07, 6.45) is 0. The van der Waals surface area contributed by atoms with E-state index in [2.05, 4.69) is 10.4 Å². The number of nitrogens with zero attached hydrogens (tertiary/aromatic N) is 1. The molecule has 0 bridgehead atoms. The number of carbonyl (C=O) groups excluding carboxylic acids is 1. The summed E-state index contributed by atoms with van der Waals surface area (Å²) in [5.74, 6) is -0.620. The highest BCUT2D eigenvalue weighted by molar-refractivity contribution is 5.88. The van der Waals surface area contributed by atoms with Crippen molar-refractivity contribution in [3.63, 3.8) is 0 Å². The van der Waals surface area contributed by atoms with Gasteiger partial charge in [-0.15, -0.1) is 0 Å². The molecule has 1 aromatic heterocycles. The third kappa shape index (κ3) is 2.53. The van der Waals surface area contributed by atoms with Crippen LogP contribution in [0.3, 0.4) is 0 Å². The molecule has 0 aliphatic rings. The molecule has 6 heteroatoms. The Morgan fingerprint density at radius 3 is 2.68 bits per heavy atom. The maximum atomic E-state index is 12.2. The Morgan fingerprint density at radius 1 is 1.37 bits per heavy atom. The van der Waals surface area contributed by atoms with Crippen LogP contribution in [0.5, 0.6) is 0 Å². The quantitative estimate of drug-likeness (QED) is 0.809. The highest BCUT2D eigenvalue weighted by Gasteiger charge is 2.30. The predicted octanol–water partition coefficient (Wildman–Crippen LogP) is 0.991. The molecule has 0 aliphatic carbocycles. The van der Waals surface area contributed by atoms with Gasteiger partial charge in [-0.3, -0.25) is 15.2 Å². The van der Waals surface area contributed by atoms with E-state index < -0.39 is 11.2 Å². The lowest BCUT2D eigenvalue weighted by Gasteiger charge is -2.26. The molecule has 0 radical (unpaired) electrons. The molecule has 1 heterocycles. The second-order valence-electron chi connectivity index (χ2n) is 5.19. The van der Waals surface area contributed by atoms with Crippen molar-refractivity contribution in [1.82, 2.24) is 15.4 Å². The van der Waals surface area contributed by atoms with Crippen LogP contribution >= 0.6 is 0 Å². The average molecular weight is 263 g/mol. The minimum atomic E-state index is -0.716. The largest absolute Gasteiger partial charge is 0.417 e. The molecule has 0 saturated carbocycles. The highest BCUT2D eigenvalue weighted by Crippen LogP contribution is 2.26. The zero-order valence-electron chi connectivity index (χ0n) is 11.4. The SMILES string of the molecule is CN(C)NC(=O)C(C)(C)c1ccc2oc(=O)[nH]c2c1. The summed E-state index contributed by atoms with van der Waals surface area (Å²) in [6.45, 7) is 3.65. The number of aromatic nitrogens is 1. The minimum absolute atomic E-state index is 0.123. The fourth-order valence-corrected chi connectivity index (χ4v) is 1.81. The molecular weight excluding hydrogens is 246 g/mol. The van der Waals surface area contributed by atoms with Gasteiger partial charge in [-0.2, -0.15) is 0 Å². The van der Waals surface area contributed by atoms with Gasteiger partial charge in [0, 0.05) is 14.1 Å². The number of oxazole rings is 1. The van der Waals surface area contributed by atoms with E-state index in [-0.39, 0.29) is 5.91 Å². The Labute approximate surface area is 110 Å². The molecule has 0 saturated heterocycles. The zero-order valence-corrected chi connectivity index (χ0v) is 11.4. The number of fused-ring (bicyclic) bond motifs is 1. The van der Waals surface area contributed by atoms with Crippen molar-refractivity contribution in [3.8, 4) is 0 Å². The van der Waals surface area contributed by atoms with E-state index in [0.717, 1.165) is 5.56 Å². The van der Waals surface area contributed by atoms with Crippen LogP contribution in [-0.4, -0.2) is 30.0 Å². The molecule has 6 nitrogen and oxygen atoms in total. The van der Waals surface area contributed by atoms with Crippen molar-refractivity contribution >= 4 is 17.0 Å². The molecule has 0 atom stereocenters. The maximum absolute atomic E-state index is 12.2. The van der Waals surface area contributed by atoms with Gasteiger partial charge in [0.1, 0.15) is 0 Å². The van der Waals surface area contributed by atoms with Crippen molar-refractivity contribution in [1.29, 1.82) is 0 Å². The van der Waals surface area contributed by atoms with Crippen molar-refractivity contribution in [2.75, 3.05) is 14.1 Å². The van der Waals surface area contributed by atoms with Crippen molar-refractivity contribution in [2.45, 2.75) is 19.3 Å². The van der Waals surface area contributed by atoms with Gasteiger partial charge < -0.3 is 4.42 Å². The van der Waals surface area contributed by atoms with Crippen LogP contribution in [0.4, 0.5) is 0 Å². The van der Waals surface area contributed by atoms with Crippen LogP contribution < -0.4 is 11.2 Å². The van der Waals surface area contributed by atoms with E-state index in [1.807, 2.05) is 13.8 Å². The molecule has 0 unspecified atom stereocenters. The number of hydrazine groups is 1. The molecule has 0 spiro atoms. The minimum Gasteiger partial charge on any atom is -0.408 e. The van der Waals surface area contributed by atoms with Crippen molar-refractivity contribution < 1.29 is 9.21 Å². The molecule has 1 amide bonds. The van der Waals surface area contributed by atoms with Crippen molar-refractivity contribution in [3.05, 3.63) is 34.3 Å². The Bertz CT molecular complexity index is 667. The van der Waals surface area contributed by atoms with Crippen molar-refractivity contribution in [2.24, 2.45) is 0 Å². The number of H-pyrrole nitrogens is 1. The lowest BCUT2D eigenvalue weighted by molar-refractivity contribution is -0.129. The van der Waals surface area contributed by atoms with Gasteiger partial charge in [-0.25, -0.2) is 9.80 Å². The van der Waals surface area contributed by atoms with Gasteiger partial charge in [-0.1, -0.05) is 6.07 Å². The smallest absolute Gasteiger partial charge is 0.408 e. The fourth-order valence-electron chi connectivity index (χ4n) is 1.81. The monoisotopic (exact) mass is 263 g/mol. The van der Waals surface area contributed by atoms with Gasteiger partial charge in [0.2, 0.25) is 5.91 Å². The Morgan fingerprint density at radius 2 is 2.05 bits per heavy atom. The molecule has 0 fully saturated rings. The summed E-state index contributed by atoms with van der Waals surface area (Å²) in [7, 11) is 3.51. The zero-order chi connectivity index (χ0) is 14.2. The maximum Gasteiger partial charge on any atom is 0.417 e. The summed E-state index contributed by atoms with van der Waals surface area (Å²) >= 11 is 0. The summed E-state index contributed by atoms with van der Waals surface area (Å²) in [4.78, 5) is 25.9. The number of hydrogen-bond donors (Lipinski definition) is 2. The highest BCUT2D eigenvalue weighted by atomic mass is 16.4. The first kappa shape index (κ1) is 13.4. The summed E-state index contributed by atoms with van der Waals surface area (Å²) in [5.41, 5.74) is 3.90. The number of benzene rings is 1. The van der Waals surface area contributed by atoms with Crippen LogP contribution in [0.25, 0.3) is 11.1 Å². The van der Waals surface area contributed by atoms with Crippen LogP contribution in [0.1, 0.15) is 19.4 Å². The molecule has 2 aromatic rings. The van der Waals surface area contributed by atoms with E-state index in [0.29, 0.717) is 11.1 Å². The number of aromatic amines is 1. The average Bonchev–Trinajstić information content (AvgIpc) is 2.66. The Hall–Kier alpha value is -2.08. The van der Waals surface area contributed by atoms with E-state index in [1.54, 1.807) is 37.3 Å². The number of hydrogen-bond acceptors (Lipinski definition) is 4. The third-order valence-electron chi connectivity index (χ3n) is 3.03. The van der Waals surface area contributed by atoms with Crippen LogP contribution in [-0.2, 0) is 10.2 Å². The number of nitrogens with one attached hydrogen (secondary N) is 2. The molecule has 19 heavy (non-hydrogen) atoms. The van der Waals surface area contributed by atoms with E-state index in [1.165, 1.54) is 0 Å². The number of amides is 1. The van der Waals surface area contributed by atoms with Gasteiger partial charge in [0.15, 0.2) is 5.58 Å².